The van der Waals surface area contributed by atoms with Crippen LogP contribution in [0.4, 0.5) is 4.79 Å². The first-order valence-corrected chi connectivity index (χ1v) is 8.58. The molecule has 2 aliphatic rings. The number of imide groups is 2. The number of fused-ring (bicyclic) bond motifs is 1. The number of hydrogen-bond acceptors (Lipinski definition) is 4. The van der Waals surface area contributed by atoms with Gasteiger partial charge in [0.1, 0.15) is 5.54 Å². The zero-order valence-corrected chi connectivity index (χ0v) is 14.6. The Balaban J connectivity index is 1.51. The number of carbonyl (C=O) groups excluding carboxylic acids is 4. The van der Waals surface area contributed by atoms with E-state index in [-0.39, 0.29) is 13.1 Å². The fraction of sp³-hybridized carbons (Fsp3) is 0.200. The SMILES string of the molecule is C[C@]1(c2ccccc2)NC(=O)N(CCN2C(=O)c3ccccc3C2=O)C1=O. The first-order valence-electron chi connectivity index (χ1n) is 8.58. The monoisotopic (exact) mass is 363 g/mol. The van der Waals surface area contributed by atoms with Crippen LogP contribution in [0.1, 0.15) is 33.2 Å². The number of carbonyl (C=O) groups is 4. The maximum absolute atomic E-state index is 12.9. The van der Waals surface area contributed by atoms with Gasteiger partial charge in [-0.05, 0) is 24.6 Å². The zero-order chi connectivity index (χ0) is 19.2. The van der Waals surface area contributed by atoms with Crippen molar-refractivity contribution in [2.75, 3.05) is 13.1 Å². The van der Waals surface area contributed by atoms with E-state index >= 15 is 0 Å². The lowest BCUT2D eigenvalue weighted by molar-refractivity contribution is -0.131. The van der Waals surface area contributed by atoms with Crippen molar-refractivity contribution in [2.24, 2.45) is 0 Å². The molecule has 0 spiro atoms. The summed E-state index contributed by atoms with van der Waals surface area (Å²) in [6.07, 6.45) is 0. The second kappa shape index (κ2) is 6.05. The van der Waals surface area contributed by atoms with E-state index in [9.17, 15) is 19.2 Å². The lowest BCUT2D eigenvalue weighted by Crippen LogP contribution is -2.43. The summed E-state index contributed by atoms with van der Waals surface area (Å²) in [5.41, 5.74) is 0.189. The van der Waals surface area contributed by atoms with Gasteiger partial charge in [0.15, 0.2) is 0 Å². The summed E-state index contributed by atoms with van der Waals surface area (Å²) in [6.45, 7) is 1.54. The van der Waals surface area contributed by atoms with E-state index in [1.165, 1.54) is 0 Å². The highest BCUT2D eigenvalue weighted by atomic mass is 16.2. The number of hydrogen-bond donors (Lipinski definition) is 1. The minimum Gasteiger partial charge on any atom is -0.319 e. The summed E-state index contributed by atoms with van der Waals surface area (Å²) in [5, 5.41) is 2.71. The summed E-state index contributed by atoms with van der Waals surface area (Å²) >= 11 is 0. The van der Waals surface area contributed by atoms with Gasteiger partial charge >= 0.3 is 6.03 Å². The molecule has 7 heteroatoms. The van der Waals surface area contributed by atoms with Crippen molar-refractivity contribution in [1.29, 1.82) is 0 Å². The Bertz CT molecular complexity index is 937. The Labute approximate surface area is 155 Å². The minimum absolute atomic E-state index is 0.0453. The van der Waals surface area contributed by atoms with Gasteiger partial charge in [-0.3, -0.25) is 24.2 Å². The average molecular weight is 363 g/mol. The largest absolute Gasteiger partial charge is 0.325 e. The molecule has 0 saturated carbocycles. The quantitative estimate of drug-likeness (QED) is 0.662. The second-order valence-electron chi connectivity index (χ2n) is 6.69. The van der Waals surface area contributed by atoms with Crippen molar-refractivity contribution in [2.45, 2.75) is 12.5 Å². The van der Waals surface area contributed by atoms with Crippen LogP contribution in [0, 0.1) is 0 Å². The highest BCUT2D eigenvalue weighted by Crippen LogP contribution is 2.29. The van der Waals surface area contributed by atoms with Crippen LogP contribution in [0.3, 0.4) is 0 Å². The normalized spacial score (nSPS) is 21.7. The summed E-state index contributed by atoms with van der Waals surface area (Å²) in [5.74, 6) is -1.22. The molecule has 1 fully saturated rings. The molecule has 0 bridgehead atoms. The third kappa shape index (κ3) is 2.51. The predicted molar refractivity (Wildman–Crippen MR) is 95.8 cm³/mol. The molecule has 136 valence electrons. The minimum atomic E-state index is -1.17. The summed E-state index contributed by atoms with van der Waals surface area (Å²) < 4.78 is 0. The van der Waals surface area contributed by atoms with Crippen molar-refractivity contribution in [3.05, 3.63) is 71.3 Å². The van der Waals surface area contributed by atoms with Crippen LogP contribution in [-0.2, 0) is 10.3 Å². The number of nitrogens with one attached hydrogen (secondary N) is 1. The first kappa shape index (κ1) is 17.0. The number of urea groups is 1. The van der Waals surface area contributed by atoms with Gasteiger partial charge in [0.25, 0.3) is 17.7 Å². The molecular formula is C20H17N3O4. The molecule has 2 aromatic carbocycles. The van der Waals surface area contributed by atoms with Crippen molar-refractivity contribution in [1.82, 2.24) is 15.1 Å². The molecule has 0 unspecified atom stereocenters. The molecule has 0 radical (unpaired) electrons. The summed E-state index contributed by atoms with van der Waals surface area (Å²) in [4.78, 5) is 52.2. The summed E-state index contributed by atoms with van der Waals surface area (Å²) in [6, 6.07) is 15.0. The van der Waals surface area contributed by atoms with Crippen molar-refractivity contribution >= 4 is 23.8 Å². The molecule has 2 heterocycles. The van der Waals surface area contributed by atoms with Crippen LogP contribution in [0.15, 0.2) is 54.6 Å². The fourth-order valence-electron chi connectivity index (χ4n) is 3.51. The van der Waals surface area contributed by atoms with Crippen LogP contribution in [0.2, 0.25) is 0 Å². The maximum atomic E-state index is 12.9. The molecular weight excluding hydrogens is 346 g/mol. The highest BCUT2D eigenvalue weighted by molar-refractivity contribution is 6.21. The van der Waals surface area contributed by atoms with Gasteiger partial charge in [-0.2, -0.15) is 0 Å². The number of benzene rings is 2. The van der Waals surface area contributed by atoms with E-state index in [0.717, 1.165) is 9.80 Å². The zero-order valence-electron chi connectivity index (χ0n) is 14.6. The molecule has 5 amide bonds. The van der Waals surface area contributed by atoms with Gasteiger partial charge < -0.3 is 5.32 Å². The Morgan fingerprint density at radius 2 is 1.30 bits per heavy atom. The average Bonchev–Trinajstić information content (AvgIpc) is 3.06. The number of amides is 5. The second-order valence-corrected chi connectivity index (χ2v) is 6.69. The molecule has 27 heavy (non-hydrogen) atoms. The van der Waals surface area contributed by atoms with E-state index in [0.29, 0.717) is 16.7 Å². The van der Waals surface area contributed by atoms with E-state index in [1.807, 2.05) is 6.07 Å². The Morgan fingerprint density at radius 1 is 0.778 bits per heavy atom. The molecule has 0 aliphatic carbocycles. The maximum Gasteiger partial charge on any atom is 0.325 e. The third-order valence-corrected chi connectivity index (χ3v) is 5.05. The van der Waals surface area contributed by atoms with Crippen molar-refractivity contribution < 1.29 is 19.2 Å². The van der Waals surface area contributed by atoms with Gasteiger partial charge in [0.2, 0.25) is 0 Å². The molecule has 2 aliphatic heterocycles. The molecule has 1 N–H and O–H groups in total. The van der Waals surface area contributed by atoms with Crippen LogP contribution in [0.25, 0.3) is 0 Å². The Kier molecular flexibility index (Phi) is 3.80. The lowest BCUT2D eigenvalue weighted by atomic mass is 9.92. The van der Waals surface area contributed by atoms with Crippen LogP contribution in [0.5, 0.6) is 0 Å². The lowest BCUT2D eigenvalue weighted by Gasteiger charge is -2.23. The molecule has 2 aromatic rings. The summed E-state index contributed by atoms with van der Waals surface area (Å²) in [7, 11) is 0. The van der Waals surface area contributed by atoms with E-state index < -0.39 is 29.3 Å². The van der Waals surface area contributed by atoms with Crippen LogP contribution in [-0.4, -0.2) is 46.6 Å². The van der Waals surface area contributed by atoms with Crippen molar-refractivity contribution in [3.8, 4) is 0 Å². The Morgan fingerprint density at radius 3 is 1.89 bits per heavy atom. The fourth-order valence-corrected chi connectivity index (χ4v) is 3.51. The molecule has 1 saturated heterocycles. The van der Waals surface area contributed by atoms with E-state index in [2.05, 4.69) is 5.32 Å². The van der Waals surface area contributed by atoms with Gasteiger partial charge in [0.05, 0.1) is 11.1 Å². The highest BCUT2D eigenvalue weighted by Gasteiger charge is 2.49. The first-order chi connectivity index (χ1) is 12.9. The van der Waals surface area contributed by atoms with E-state index in [4.69, 9.17) is 0 Å². The molecule has 0 aromatic heterocycles. The number of nitrogens with zero attached hydrogens (tertiary/aromatic N) is 2. The van der Waals surface area contributed by atoms with Crippen LogP contribution >= 0.6 is 0 Å². The number of rotatable bonds is 4. The smallest absolute Gasteiger partial charge is 0.319 e. The predicted octanol–water partition coefficient (Wildman–Crippen LogP) is 1.75. The van der Waals surface area contributed by atoms with Gasteiger partial charge in [-0.15, -0.1) is 0 Å². The van der Waals surface area contributed by atoms with Gasteiger partial charge in [-0.1, -0.05) is 42.5 Å². The van der Waals surface area contributed by atoms with Crippen molar-refractivity contribution in [3.63, 3.8) is 0 Å². The van der Waals surface area contributed by atoms with Gasteiger partial charge in [0, 0.05) is 13.1 Å². The molecule has 1 atom stereocenters. The van der Waals surface area contributed by atoms with Gasteiger partial charge in [-0.25, -0.2) is 4.79 Å². The van der Waals surface area contributed by atoms with E-state index in [1.54, 1.807) is 55.5 Å². The molecule has 4 rings (SSSR count). The topological polar surface area (TPSA) is 86.8 Å². The van der Waals surface area contributed by atoms with Crippen LogP contribution < -0.4 is 5.32 Å². The standard InChI is InChI=1S/C20H17N3O4/c1-20(13-7-3-2-4-8-13)18(26)23(19(27)21-20)12-11-22-16(24)14-9-5-6-10-15(14)17(22)25/h2-10H,11-12H2,1H3,(H,21,27)/t20-/m1/s1. The molecule has 7 nitrogen and oxygen atoms in total. The third-order valence-electron chi connectivity index (χ3n) is 5.05. The Hall–Kier alpha value is -3.48.